The Labute approximate surface area is 141 Å². The molecule has 0 spiro atoms. The van der Waals surface area contributed by atoms with Crippen LogP contribution in [0, 0.1) is 20.8 Å². The predicted octanol–water partition coefficient (Wildman–Crippen LogP) is 3.13. The second-order valence-electron chi connectivity index (χ2n) is 6.17. The summed E-state index contributed by atoms with van der Waals surface area (Å²) in [4.78, 5) is 0. The number of benzene rings is 3. The van der Waals surface area contributed by atoms with Crippen LogP contribution in [0.4, 0.5) is 0 Å². The van der Waals surface area contributed by atoms with Crippen LogP contribution >= 0.6 is 0 Å². The third kappa shape index (κ3) is 3.47. The van der Waals surface area contributed by atoms with Crippen molar-refractivity contribution in [3.05, 3.63) is 89.5 Å². The van der Waals surface area contributed by atoms with E-state index in [1.807, 2.05) is 0 Å². The summed E-state index contributed by atoms with van der Waals surface area (Å²) in [6.07, 6.45) is 0. The first-order chi connectivity index (χ1) is 10.6. The third-order valence-corrected chi connectivity index (χ3v) is 13.2. The fraction of sp³-hybridized carbons (Fsp3) is 0.143. The monoisotopic (exact) mass is 388 g/mol. The molecule has 1 heteroatoms. The molecule has 0 aromatic heterocycles. The van der Waals surface area contributed by atoms with Crippen molar-refractivity contribution >= 4 is 31.4 Å². The van der Waals surface area contributed by atoms with Crippen LogP contribution in [0.1, 0.15) is 16.7 Å². The average molecular weight is 388 g/mol. The van der Waals surface area contributed by atoms with Gasteiger partial charge in [-0.25, -0.2) is 0 Å². The Balaban J connectivity index is 2.10. The molecule has 0 saturated carbocycles. The zero-order chi connectivity index (χ0) is 15.5. The maximum absolute atomic E-state index is 2.34. The Hall–Kier alpha value is -1.47. The average Bonchev–Trinajstić information content (AvgIpc) is 2.53. The van der Waals surface area contributed by atoms with Gasteiger partial charge in [0, 0.05) is 0 Å². The summed E-state index contributed by atoms with van der Waals surface area (Å²) < 4.78 is 4.67. The normalized spacial score (nSPS) is 10.5. The Morgan fingerprint density at radius 3 is 0.864 bits per heavy atom. The Morgan fingerprint density at radius 1 is 0.409 bits per heavy atom. The quantitative estimate of drug-likeness (QED) is 0.647. The summed E-state index contributed by atoms with van der Waals surface area (Å²) in [5.41, 5.74) is 4.00. The molecule has 0 N–H and O–H groups in total. The summed E-state index contributed by atoms with van der Waals surface area (Å²) >= 11 is -2.22. The second kappa shape index (κ2) is 6.75. The zero-order valence-corrected chi connectivity index (χ0v) is 16.8. The van der Waals surface area contributed by atoms with Gasteiger partial charge in [0.05, 0.1) is 0 Å². The van der Waals surface area contributed by atoms with Crippen LogP contribution in [0.25, 0.3) is 0 Å². The fourth-order valence-electron chi connectivity index (χ4n) is 2.85. The molecule has 0 nitrogen and oxygen atoms in total. The van der Waals surface area contributed by atoms with Crippen molar-refractivity contribution in [2.24, 2.45) is 0 Å². The summed E-state index contributed by atoms with van der Waals surface area (Å²) in [6.45, 7) is 6.48. The van der Waals surface area contributed by atoms with Crippen molar-refractivity contribution < 1.29 is 0 Å². The van der Waals surface area contributed by atoms with Gasteiger partial charge in [-0.3, -0.25) is 0 Å². The zero-order valence-electron chi connectivity index (χ0n) is 13.5. The SMILES string of the molecule is Cc1cc[c]([In]([c]2ccc(C)cc2)[c]2ccc(C)cc2)cc1. The summed E-state index contributed by atoms with van der Waals surface area (Å²) in [5, 5.41) is 0. The van der Waals surface area contributed by atoms with Crippen LogP contribution in [0.3, 0.4) is 0 Å². The van der Waals surface area contributed by atoms with E-state index >= 15 is 0 Å². The van der Waals surface area contributed by atoms with E-state index in [0.29, 0.717) is 0 Å². The second-order valence-corrected chi connectivity index (χ2v) is 14.3. The molecule has 3 aromatic rings. The van der Waals surface area contributed by atoms with Gasteiger partial charge in [0.1, 0.15) is 0 Å². The van der Waals surface area contributed by atoms with Gasteiger partial charge < -0.3 is 0 Å². The minimum atomic E-state index is -2.22. The molecule has 3 aromatic carbocycles. The van der Waals surface area contributed by atoms with Crippen molar-refractivity contribution in [2.75, 3.05) is 0 Å². The van der Waals surface area contributed by atoms with Gasteiger partial charge in [-0.15, -0.1) is 0 Å². The summed E-state index contributed by atoms with van der Waals surface area (Å²) in [6, 6.07) is 27.6. The van der Waals surface area contributed by atoms with Crippen molar-refractivity contribution in [3.63, 3.8) is 0 Å². The van der Waals surface area contributed by atoms with Crippen molar-refractivity contribution in [1.29, 1.82) is 0 Å². The molecule has 0 fully saturated rings. The molecule has 3 rings (SSSR count). The number of hydrogen-bond donors (Lipinski definition) is 0. The molecule has 108 valence electrons. The van der Waals surface area contributed by atoms with Crippen LogP contribution in [0.2, 0.25) is 0 Å². The van der Waals surface area contributed by atoms with Crippen LogP contribution in [0.15, 0.2) is 72.8 Å². The molecular weight excluding hydrogens is 367 g/mol. The molecule has 0 aliphatic heterocycles. The van der Waals surface area contributed by atoms with Gasteiger partial charge in [-0.05, 0) is 0 Å². The van der Waals surface area contributed by atoms with Gasteiger partial charge in [0.25, 0.3) is 0 Å². The Bertz CT molecular complexity index is 629. The van der Waals surface area contributed by atoms with E-state index in [1.54, 1.807) is 9.96 Å². The molecule has 0 radical (unpaired) electrons. The van der Waals surface area contributed by atoms with Crippen molar-refractivity contribution in [2.45, 2.75) is 20.8 Å². The van der Waals surface area contributed by atoms with E-state index in [9.17, 15) is 0 Å². The summed E-state index contributed by atoms with van der Waals surface area (Å²) in [5.74, 6) is 0. The number of rotatable bonds is 3. The van der Waals surface area contributed by atoms with E-state index in [1.165, 1.54) is 16.7 Å². The number of aryl methyl sites for hydroxylation is 3. The first-order valence-electron chi connectivity index (χ1n) is 7.83. The molecule has 0 amide bonds. The number of hydrogen-bond acceptors (Lipinski definition) is 0. The Morgan fingerprint density at radius 2 is 0.636 bits per heavy atom. The van der Waals surface area contributed by atoms with Gasteiger partial charge in [0.2, 0.25) is 0 Å². The van der Waals surface area contributed by atoms with Gasteiger partial charge in [-0.1, -0.05) is 0 Å². The molecule has 0 atom stereocenters. The van der Waals surface area contributed by atoms with Gasteiger partial charge >= 0.3 is 142 Å². The van der Waals surface area contributed by atoms with E-state index < -0.39 is 21.4 Å². The third-order valence-electron chi connectivity index (χ3n) is 4.23. The Kier molecular flexibility index (Phi) is 4.73. The standard InChI is InChI=1S/3C7H7.In/c3*1-7-5-3-2-4-6-7;/h3*3-6H,1H3;. The van der Waals surface area contributed by atoms with Crippen LogP contribution in [0.5, 0.6) is 0 Å². The van der Waals surface area contributed by atoms with E-state index in [2.05, 4.69) is 93.6 Å². The molecule has 0 unspecified atom stereocenters. The molecule has 0 bridgehead atoms. The van der Waals surface area contributed by atoms with Crippen LogP contribution in [-0.2, 0) is 0 Å². The molecule has 0 saturated heterocycles. The minimum absolute atomic E-state index is 1.33. The molecule has 22 heavy (non-hydrogen) atoms. The van der Waals surface area contributed by atoms with Crippen molar-refractivity contribution in [3.8, 4) is 0 Å². The molecular formula is C21H21In. The van der Waals surface area contributed by atoms with Gasteiger partial charge in [-0.2, -0.15) is 0 Å². The molecule has 0 aliphatic carbocycles. The fourth-order valence-corrected chi connectivity index (χ4v) is 11.1. The maximum atomic E-state index is 2.34. The van der Waals surface area contributed by atoms with Crippen LogP contribution < -0.4 is 9.96 Å². The van der Waals surface area contributed by atoms with E-state index in [-0.39, 0.29) is 0 Å². The van der Waals surface area contributed by atoms with Gasteiger partial charge in [0.15, 0.2) is 0 Å². The first-order valence-corrected chi connectivity index (χ1v) is 12.8. The van der Waals surface area contributed by atoms with Crippen molar-refractivity contribution in [1.82, 2.24) is 0 Å². The topological polar surface area (TPSA) is 0 Å². The summed E-state index contributed by atoms with van der Waals surface area (Å²) in [7, 11) is 0. The first kappa shape index (κ1) is 15.4. The molecule has 0 aliphatic rings. The molecule has 0 heterocycles. The van der Waals surface area contributed by atoms with E-state index in [4.69, 9.17) is 0 Å². The predicted molar refractivity (Wildman–Crippen MR) is 98.2 cm³/mol. The van der Waals surface area contributed by atoms with E-state index in [0.717, 1.165) is 0 Å². The van der Waals surface area contributed by atoms with Crippen LogP contribution in [-0.4, -0.2) is 21.4 Å².